The highest BCUT2D eigenvalue weighted by atomic mass is 16.3. The van der Waals surface area contributed by atoms with E-state index in [1.165, 1.54) is 19.3 Å². The standard InChI is InChI=1S/C13H22O2/c1-8-5-4-6-10-7-11(9(2)14)12(15)13(8,10)3/h8,10-12,15H,4-7H2,1-3H3/t8-,10+,11-,12+,13+/m0/s1. The van der Waals surface area contributed by atoms with Crippen LogP contribution in [-0.2, 0) is 4.79 Å². The highest BCUT2D eigenvalue weighted by Crippen LogP contribution is 2.57. The van der Waals surface area contributed by atoms with Gasteiger partial charge in [-0.25, -0.2) is 0 Å². The molecule has 0 amide bonds. The number of hydrogen-bond acceptors (Lipinski definition) is 2. The first kappa shape index (κ1) is 11.1. The van der Waals surface area contributed by atoms with E-state index < -0.39 is 6.10 Å². The summed E-state index contributed by atoms with van der Waals surface area (Å²) >= 11 is 0. The van der Waals surface area contributed by atoms with Gasteiger partial charge in [-0.05, 0) is 37.0 Å². The summed E-state index contributed by atoms with van der Waals surface area (Å²) in [6.45, 7) is 6.05. The van der Waals surface area contributed by atoms with Crippen LogP contribution in [-0.4, -0.2) is 17.0 Å². The molecule has 0 bridgehead atoms. The quantitative estimate of drug-likeness (QED) is 0.721. The van der Waals surface area contributed by atoms with Gasteiger partial charge < -0.3 is 5.11 Å². The van der Waals surface area contributed by atoms with Crippen LogP contribution in [0.15, 0.2) is 0 Å². The van der Waals surface area contributed by atoms with Gasteiger partial charge in [0.1, 0.15) is 5.78 Å². The lowest BCUT2D eigenvalue weighted by Crippen LogP contribution is -2.43. The molecule has 15 heavy (non-hydrogen) atoms. The summed E-state index contributed by atoms with van der Waals surface area (Å²) < 4.78 is 0. The molecule has 0 heterocycles. The molecule has 2 aliphatic rings. The number of ketones is 1. The molecule has 0 unspecified atom stereocenters. The molecule has 86 valence electrons. The minimum Gasteiger partial charge on any atom is -0.392 e. The van der Waals surface area contributed by atoms with Crippen LogP contribution in [0.4, 0.5) is 0 Å². The third kappa shape index (κ3) is 1.45. The van der Waals surface area contributed by atoms with E-state index in [9.17, 15) is 9.90 Å². The number of carbonyl (C=O) groups is 1. The van der Waals surface area contributed by atoms with Gasteiger partial charge in [-0.2, -0.15) is 0 Å². The number of aliphatic hydroxyl groups is 1. The van der Waals surface area contributed by atoms with Crippen LogP contribution < -0.4 is 0 Å². The molecule has 2 fully saturated rings. The monoisotopic (exact) mass is 210 g/mol. The summed E-state index contributed by atoms with van der Waals surface area (Å²) in [4.78, 5) is 11.5. The topological polar surface area (TPSA) is 37.3 Å². The van der Waals surface area contributed by atoms with E-state index in [1.807, 2.05) is 0 Å². The van der Waals surface area contributed by atoms with Crippen molar-refractivity contribution in [1.29, 1.82) is 0 Å². The first-order valence-electron chi connectivity index (χ1n) is 6.16. The molecule has 0 spiro atoms. The Morgan fingerprint density at radius 1 is 1.40 bits per heavy atom. The van der Waals surface area contributed by atoms with Crippen molar-refractivity contribution in [2.24, 2.45) is 23.2 Å². The zero-order valence-electron chi connectivity index (χ0n) is 9.99. The van der Waals surface area contributed by atoms with Crippen LogP contribution in [0.3, 0.4) is 0 Å². The fourth-order valence-corrected chi connectivity index (χ4v) is 3.86. The van der Waals surface area contributed by atoms with Gasteiger partial charge in [-0.3, -0.25) is 4.79 Å². The molecule has 5 atom stereocenters. The zero-order valence-corrected chi connectivity index (χ0v) is 9.99. The Kier molecular flexibility index (Phi) is 2.66. The van der Waals surface area contributed by atoms with Gasteiger partial charge in [0.05, 0.1) is 6.10 Å². The maximum atomic E-state index is 11.5. The first-order chi connectivity index (χ1) is 6.98. The molecule has 2 heteroatoms. The van der Waals surface area contributed by atoms with E-state index in [1.54, 1.807) is 6.92 Å². The SMILES string of the molecule is CC(=O)[C@@H]1C[C@H]2CCC[C@H](C)[C@@]2(C)[C@@H]1O. The van der Waals surface area contributed by atoms with Crippen molar-refractivity contribution in [3.8, 4) is 0 Å². The van der Waals surface area contributed by atoms with E-state index in [0.29, 0.717) is 11.8 Å². The van der Waals surface area contributed by atoms with Gasteiger partial charge >= 0.3 is 0 Å². The van der Waals surface area contributed by atoms with E-state index in [-0.39, 0.29) is 17.1 Å². The van der Waals surface area contributed by atoms with Gasteiger partial charge in [-0.1, -0.05) is 26.7 Å². The number of rotatable bonds is 1. The van der Waals surface area contributed by atoms with E-state index >= 15 is 0 Å². The molecule has 2 nitrogen and oxygen atoms in total. The predicted molar refractivity (Wildman–Crippen MR) is 59.4 cm³/mol. The number of carbonyl (C=O) groups excluding carboxylic acids is 1. The molecule has 2 saturated carbocycles. The van der Waals surface area contributed by atoms with Crippen molar-refractivity contribution in [2.45, 2.75) is 52.6 Å². The van der Waals surface area contributed by atoms with Crippen molar-refractivity contribution < 1.29 is 9.90 Å². The second-order valence-electron chi connectivity index (χ2n) is 5.79. The third-order valence-corrected chi connectivity index (χ3v) is 5.21. The van der Waals surface area contributed by atoms with Crippen LogP contribution >= 0.6 is 0 Å². The lowest BCUT2D eigenvalue weighted by molar-refractivity contribution is -0.125. The van der Waals surface area contributed by atoms with Crippen molar-refractivity contribution >= 4 is 5.78 Å². The van der Waals surface area contributed by atoms with Gasteiger partial charge in [0.15, 0.2) is 0 Å². The molecule has 2 aliphatic carbocycles. The fraction of sp³-hybridized carbons (Fsp3) is 0.923. The summed E-state index contributed by atoms with van der Waals surface area (Å²) in [6.07, 6.45) is 4.17. The van der Waals surface area contributed by atoms with Gasteiger partial charge in [0.2, 0.25) is 0 Å². The highest BCUT2D eigenvalue weighted by Gasteiger charge is 2.56. The van der Waals surface area contributed by atoms with Crippen molar-refractivity contribution in [1.82, 2.24) is 0 Å². The summed E-state index contributed by atoms with van der Waals surface area (Å²) in [5, 5.41) is 10.4. The Morgan fingerprint density at radius 3 is 2.60 bits per heavy atom. The number of aliphatic hydroxyl groups excluding tert-OH is 1. The molecule has 0 aromatic carbocycles. The predicted octanol–water partition coefficient (Wildman–Crippen LogP) is 2.40. The molecular formula is C13H22O2. The van der Waals surface area contributed by atoms with E-state index in [2.05, 4.69) is 13.8 Å². The van der Waals surface area contributed by atoms with Crippen LogP contribution in [0.2, 0.25) is 0 Å². The number of fused-ring (bicyclic) bond motifs is 1. The van der Waals surface area contributed by atoms with Crippen LogP contribution in [0.25, 0.3) is 0 Å². The Morgan fingerprint density at radius 2 is 2.07 bits per heavy atom. The molecule has 0 aromatic heterocycles. The Balaban J connectivity index is 2.28. The van der Waals surface area contributed by atoms with E-state index in [0.717, 1.165) is 6.42 Å². The smallest absolute Gasteiger partial charge is 0.135 e. The van der Waals surface area contributed by atoms with Crippen molar-refractivity contribution in [3.63, 3.8) is 0 Å². The Bertz CT molecular complexity index is 274. The molecular weight excluding hydrogens is 188 g/mol. The van der Waals surface area contributed by atoms with Crippen LogP contribution in [0, 0.1) is 23.2 Å². The second kappa shape index (κ2) is 3.58. The minimum absolute atomic E-state index is 0.00537. The van der Waals surface area contributed by atoms with Gasteiger partial charge in [0, 0.05) is 5.92 Å². The van der Waals surface area contributed by atoms with Gasteiger partial charge in [0.25, 0.3) is 0 Å². The summed E-state index contributed by atoms with van der Waals surface area (Å²) in [5.74, 6) is 1.19. The average molecular weight is 210 g/mol. The zero-order chi connectivity index (χ0) is 11.2. The summed E-state index contributed by atoms with van der Waals surface area (Å²) in [5.41, 5.74) is -0.00537. The molecule has 2 rings (SSSR count). The summed E-state index contributed by atoms with van der Waals surface area (Å²) in [7, 11) is 0. The van der Waals surface area contributed by atoms with Crippen LogP contribution in [0.5, 0.6) is 0 Å². The summed E-state index contributed by atoms with van der Waals surface area (Å²) in [6, 6.07) is 0. The largest absolute Gasteiger partial charge is 0.392 e. The second-order valence-corrected chi connectivity index (χ2v) is 5.79. The maximum Gasteiger partial charge on any atom is 0.135 e. The van der Waals surface area contributed by atoms with Crippen molar-refractivity contribution in [2.75, 3.05) is 0 Å². The van der Waals surface area contributed by atoms with Gasteiger partial charge in [-0.15, -0.1) is 0 Å². The molecule has 0 saturated heterocycles. The van der Waals surface area contributed by atoms with Crippen molar-refractivity contribution in [3.05, 3.63) is 0 Å². The molecule has 0 aromatic rings. The molecule has 1 N–H and O–H groups in total. The lowest BCUT2D eigenvalue weighted by atomic mass is 9.62. The Labute approximate surface area is 92.1 Å². The van der Waals surface area contributed by atoms with Crippen LogP contribution in [0.1, 0.15) is 46.5 Å². The fourth-order valence-electron chi connectivity index (χ4n) is 3.86. The minimum atomic E-state index is -0.407. The molecule has 0 radical (unpaired) electrons. The number of Topliss-reactive ketones (excluding diaryl/α,β-unsaturated/α-hetero) is 1. The average Bonchev–Trinajstić information content (AvgIpc) is 2.43. The third-order valence-electron chi connectivity index (χ3n) is 5.21. The normalized spacial score (nSPS) is 50.1. The first-order valence-corrected chi connectivity index (χ1v) is 6.16. The molecule has 0 aliphatic heterocycles. The van der Waals surface area contributed by atoms with E-state index in [4.69, 9.17) is 0 Å². The highest BCUT2D eigenvalue weighted by molar-refractivity contribution is 5.79. The Hall–Kier alpha value is -0.370. The maximum absolute atomic E-state index is 11.5. The lowest BCUT2D eigenvalue weighted by Gasteiger charge is -2.44. The number of hydrogen-bond donors (Lipinski definition) is 1.